The van der Waals surface area contributed by atoms with Crippen LogP contribution in [0.2, 0.25) is 0 Å². The van der Waals surface area contributed by atoms with Crippen LogP contribution < -0.4 is 26.2 Å². The van der Waals surface area contributed by atoms with Crippen LogP contribution in [0.15, 0.2) is 132 Å². The highest BCUT2D eigenvalue weighted by Crippen LogP contribution is 2.32. The van der Waals surface area contributed by atoms with Crippen molar-refractivity contribution in [3.05, 3.63) is 171 Å². The van der Waals surface area contributed by atoms with Crippen molar-refractivity contribution in [2.75, 3.05) is 51.7 Å². The molecule has 2 bridgehead atoms. The number of urea groups is 1. The number of carbonyl (C=O) groups excluding carboxylic acids is 3. The maximum absolute atomic E-state index is 13.2. The molecule has 3 amide bonds. The maximum Gasteiger partial charge on any atom is 0.408 e. The molecule has 342 valence electrons. The maximum atomic E-state index is 13.2. The minimum Gasteiger partial charge on any atom is -0.506 e. The number of hydrogen-bond donors (Lipinski definition) is 6. The van der Waals surface area contributed by atoms with Crippen LogP contribution in [0.1, 0.15) is 63.2 Å². The quantitative estimate of drug-likeness (QED) is 0.0524. The number of hydrogen-bond acceptors (Lipinski definition) is 11. The summed E-state index contributed by atoms with van der Waals surface area (Å²) in [4.78, 5) is 57.1. The zero-order valence-electron chi connectivity index (χ0n) is 36.7. The fourth-order valence-corrected chi connectivity index (χ4v) is 8.42. The van der Waals surface area contributed by atoms with Crippen molar-refractivity contribution in [1.82, 2.24) is 25.4 Å². The molecule has 3 saturated heterocycles. The van der Waals surface area contributed by atoms with E-state index in [9.17, 15) is 29.4 Å². The Labute approximate surface area is 382 Å². The van der Waals surface area contributed by atoms with Gasteiger partial charge in [0.15, 0.2) is 0 Å². The SMILES string of the molecule is CN(CCOC(=O)c1ccc(COc2cccc(C(NC(=O)O[C@H]3CN4CCC3CC4)c3ccccc3)c2)cc1)C(=O)Nc1ccc(CNCC(O)c2ccc(O)c3[nH]c(=O)ccc23)cc1. The summed E-state index contributed by atoms with van der Waals surface area (Å²) in [6.07, 6.45) is 0.683. The van der Waals surface area contributed by atoms with Gasteiger partial charge in [-0.15, -0.1) is 0 Å². The third-order valence-corrected chi connectivity index (χ3v) is 12.2. The summed E-state index contributed by atoms with van der Waals surface area (Å²) < 4.78 is 17.6. The normalized spacial score (nSPS) is 17.3. The second-order valence-electron chi connectivity index (χ2n) is 16.7. The predicted octanol–water partition coefficient (Wildman–Crippen LogP) is 6.87. The van der Waals surface area contributed by atoms with Crippen LogP contribution in [-0.4, -0.2) is 95.6 Å². The molecule has 0 radical (unpaired) electrons. The van der Waals surface area contributed by atoms with E-state index < -0.39 is 24.2 Å². The lowest BCUT2D eigenvalue weighted by molar-refractivity contribution is -0.0336. The highest BCUT2D eigenvalue weighted by Gasteiger charge is 2.37. The lowest BCUT2D eigenvalue weighted by atomic mass is 9.86. The molecule has 6 N–H and O–H groups in total. The van der Waals surface area contributed by atoms with Gasteiger partial charge in [-0.3, -0.25) is 9.69 Å². The number of piperidine rings is 3. The van der Waals surface area contributed by atoms with E-state index in [0.717, 1.165) is 54.7 Å². The zero-order chi connectivity index (χ0) is 46.0. The van der Waals surface area contributed by atoms with Gasteiger partial charge in [-0.1, -0.05) is 72.8 Å². The predicted molar refractivity (Wildman–Crippen MR) is 249 cm³/mol. The molecule has 5 aromatic carbocycles. The number of nitrogens with one attached hydrogen (secondary N) is 4. The first-order chi connectivity index (χ1) is 32.1. The van der Waals surface area contributed by atoms with Crippen LogP contribution in [0.5, 0.6) is 11.5 Å². The Hall–Kier alpha value is -7.20. The lowest BCUT2D eigenvalue weighted by Crippen LogP contribution is -2.52. The molecule has 9 rings (SSSR count). The molecule has 6 aromatic rings. The van der Waals surface area contributed by atoms with Gasteiger partial charge in [-0.2, -0.15) is 0 Å². The van der Waals surface area contributed by atoms with Crippen LogP contribution in [0.3, 0.4) is 0 Å². The van der Waals surface area contributed by atoms with Crippen LogP contribution >= 0.6 is 0 Å². The molecule has 3 fully saturated rings. The third kappa shape index (κ3) is 11.5. The Kier molecular flexibility index (Phi) is 14.6. The molecule has 15 heteroatoms. The van der Waals surface area contributed by atoms with Gasteiger partial charge < -0.3 is 50.3 Å². The van der Waals surface area contributed by atoms with Crippen molar-refractivity contribution in [3.8, 4) is 11.5 Å². The number of phenolic OH excluding ortho intramolecular Hbond substituents is 1. The summed E-state index contributed by atoms with van der Waals surface area (Å²) in [5.41, 5.74) is 4.99. The van der Waals surface area contributed by atoms with E-state index in [-0.39, 0.29) is 55.3 Å². The van der Waals surface area contributed by atoms with Crippen molar-refractivity contribution in [3.63, 3.8) is 0 Å². The fraction of sp³-hybridized carbons (Fsp3) is 0.294. The molecule has 0 saturated carbocycles. The summed E-state index contributed by atoms with van der Waals surface area (Å²) in [7, 11) is 1.61. The van der Waals surface area contributed by atoms with Gasteiger partial charge >= 0.3 is 18.1 Å². The number of ether oxygens (including phenoxy) is 3. The summed E-state index contributed by atoms with van der Waals surface area (Å²) in [5, 5.41) is 30.7. The number of fused-ring (bicyclic) bond motifs is 4. The lowest BCUT2D eigenvalue weighted by Gasteiger charge is -2.43. The fourth-order valence-electron chi connectivity index (χ4n) is 8.42. The molecule has 15 nitrogen and oxygen atoms in total. The average Bonchev–Trinajstić information content (AvgIpc) is 3.34. The van der Waals surface area contributed by atoms with E-state index >= 15 is 0 Å². The van der Waals surface area contributed by atoms with Gasteiger partial charge in [0.25, 0.3) is 0 Å². The number of phenols is 1. The Balaban J connectivity index is 0.755. The number of aromatic hydroxyl groups is 1. The van der Waals surface area contributed by atoms with Gasteiger partial charge in [-0.25, -0.2) is 14.4 Å². The van der Waals surface area contributed by atoms with Gasteiger partial charge in [0.2, 0.25) is 5.56 Å². The summed E-state index contributed by atoms with van der Waals surface area (Å²) in [6.45, 7) is 4.00. The van der Waals surface area contributed by atoms with Crippen molar-refractivity contribution in [2.45, 2.75) is 44.2 Å². The number of aromatic amines is 1. The molecule has 3 atom stereocenters. The summed E-state index contributed by atoms with van der Waals surface area (Å²) in [5.74, 6) is 0.445. The molecular weight excluding hydrogens is 841 g/mol. The molecule has 0 aliphatic carbocycles. The van der Waals surface area contributed by atoms with E-state index in [1.807, 2.05) is 66.7 Å². The second-order valence-corrected chi connectivity index (χ2v) is 16.7. The van der Waals surface area contributed by atoms with Gasteiger partial charge in [-0.05, 0) is 108 Å². The molecule has 2 unspecified atom stereocenters. The van der Waals surface area contributed by atoms with Gasteiger partial charge in [0.1, 0.15) is 30.8 Å². The number of carbonyl (C=O) groups is 3. The molecule has 66 heavy (non-hydrogen) atoms. The van der Waals surface area contributed by atoms with Gasteiger partial charge in [0.05, 0.1) is 29.8 Å². The third-order valence-electron chi connectivity index (χ3n) is 12.2. The van der Waals surface area contributed by atoms with E-state index in [4.69, 9.17) is 14.2 Å². The number of pyridine rings is 1. The smallest absolute Gasteiger partial charge is 0.408 e. The average molecular weight is 895 g/mol. The highest BCUT2D eigenvalue weighted by atomic mass is 16.6. The first-order valence-electron chi connectivity index (χ1n) is 22.1. The molecular formula is C51H54N6O9. The molecule has 1 aromatic heterocycles. The molecule has 3 aliphatic heterocycles. The number of alkyl carbamates (subject to hydrolysis) is 1. The summed E-state index contributed by atoms with van der Waals surface area (Å²) in [6, 6.07) is 36.8. The second kappa shape index (κ2) is 21.2. The number of aliphatic hydroxyl groups excluding tert-OH is 1. The number of benzene rings is 5. The number of aliphatic hydroxyl groups is 1. The molecule has 0 spiro atoms. The number of esters is 1. The van der Waals surface area contributed by atoms with Gasteiger partial charge in [0, 0.05) is 43.8 Å². The van der Waals surface area contributed by atoms with E-state index in [0.29, 0.717) is 40.4 Å². The van der Waals surface area contributed by atoms with E-state index in [1.54, 1.807) is 55.6 Å². The Morgan fingerprint density at radius 3 is 2.35 bits per heavy atom. The number of nitrogens with zero attached hydrogens (tertiary/aromatic N) is 2. The number of aromatic nitrogens is 1. The van der Waals surface area contributed by atoms with Crippen LogP contribution in [0.25, 0.3) is 10.9 Å². The topological polar surface area (TPSA) is 195 Å². The standard InChI is InChI=1S/C51H54N6O9/c1-56(50(62)53-39-16-12-33(13-17-39)29-52-30-44(59)41-18-20-43(58)48-42(41)19-21-46(60)54-48)26-27-64-49(61)37-14-10-34(11-15-37)32-65-40-9-5-8-38(28-40)47(36-6-3-2-4-7-36)55-51(63)66-45-31-57-24-22-35(45)23-25-57/h2-21,28,35,44-45,47,52,58-59H,22-27,29-32H2,1H3,(H,53,62)(H,54,60)(H,55,63)/t44?,45-,47?/m0/s1. The van der Waals surface area contributed by atoms with Crippen LogP contribution in [0, 0.1) is 5.92 Å². The Bertz CT molecular complexity index is 2670. The van der Waals surface area contributed by atoms with E-state index in [2.05, 4.69) is 25.8 Å². The van der Waals surface area contributed by atoms with Crippen molar-refractivity contribution >= 4 is 34.7 Å². The molecule has 3 aliphatic rings. The molecule has 4 heterocycles. The monoisotopic (exact) mass is 894 g/mol. The number of H-pyrrole nitrogens is 1. The van der Waals surface area contributed by atoms with Crippen molar-refractivity contribution in [2.24, 2.45) is 5.92 Å². The number of rotatable bonds is 17. The highest BCUT2D eigenvalue weighted by molar-refractivity contribution is 5.90. The minimum absolute atomic E-state index is 0.00541. The number of amides is 3. The van der Waals surface area contributed by atoms with Crippen LogP contribution in [0.4, 0.5) is 15.3 Å². The van der Waals surface area contributed by atoms with Crippen LogP contribution in [-0.2, 0) is 22.6 Å². The number of likely N-dealkylation sites (N-methyl/N-ethyl adjacent to an activating group) is 1. The Morgan fingerprint density at radius 1 is 0.864 bits per heavy atom. The van der Waals surface area contributed by atoms with E-state index in [1.165, 1.54) is 17.0 Å². The first kappa shape index (κ1) is 45.4. The van der Waals surface area contributed by atoms with Crippen molar-refractivity contribution < 1.29 is 38.8 Å². The summed E-state index contributed by atoms with van der Waals surface area (Å²) >= 11 is 0. The zero-order valence-corrected chi connectivity index (χ0v) is 36.7. The largest absolute Gasteiger partial charge is 0.506 e. The first-order valence-corrected chi connectivity index (χ1v) is 22.1. The Morgan fingerprint density at radius 2 is 1.61 bits per heavy atom. The van der Waals surface area contributed by atoms with Crippen molar-refractivity contribution in [1.29, 1.82) is 0 Å². The minimum atomic E-state index is -0.890. The number of anilines is 1.